The molecule has 0 aliphatic carbocycles. The molecule has 2 aliphatic heterocycles. The van der Waals surface area contributed by atoms with Crippen LogP contribution in [0.1, 0.15) is 38.5 Å². The number of thioether (sulfide) groups is 1. The van der Waals surface area contributed by atoms with E-state index in [1.165, 1.54) is 77.0 Å². The molecule has 0 aromatic rings. The van der Waals surface area contributed by atoms with Gasteiger partial charge in [-0.2, -0.15) is 11.8 Å². The van der Waals surface area contributed by atoms with Crippen LogP contribution in [0.25, 0.3) is 0 Å². The lowest BCUT2D eigenvalue weighted by atomic mass is 10.1. The monoisotopic (exact) mass is 300 g/mol. The fourth-order valence-electron chi connectivity index (χ4n) is 3.08. The zero-order chi connectivity index (χ0) is 13.9. The van der Waals surface area contributed by atoms with Crippen LogP contribution >= 0.6 is 11.8 Å². The number of rotatable bonds is 9. The first-order valence-electron chi connectivity index (χ1n) is 8.55. The van der Waals surface area contributed by atoms with Gasteiger partial charge in [0.05, 0.1) is 13.2 Å². The Balaban J connectivity index is 1.33. The molecule has 2 aliphatic rings. The number of likely N-dealkylation sites (tertiary alicyclic amines) is 2. The highest BCUT2D eigenvalue weighted by molar-refractivity contribution is 7.99. The molecule has 2 heterocycles. The minimum atomic E-state index is 0.923. The first-order chi connectivity index (χ1) is 9.95. The molecule has 0 amide bonds. The van der Waals surface area contributed by atoms with E-state index in [0.717, 1.165) is 25.5 Å². The Hall–Kier alpha value is 0.230. The van der Waals surface area contributed by atoms with Crippen molar-refractivity contribution in [3.8, 4) is 0 Å². The second-order valence-electron chi connectivity index (χ2n) is 6.03. The van der Waals surface area contributed by atoms with Gasteiger partial charge in [-0.1, -0.05) is 12.8 Å². The van der Waals surface area contributed by atoms with Crippen molar-refractivity contribution in [3.63, 3.8) is 0 Å². The summed E-state index contributed by atoms with van der Waals surface area (Å²) < 4.78 is 5.75. The predicted octanol–water partition coefficient (Wildman–Crippen LogP) is 2.71. The minimum absolute atomic E-state index is 0.923. The van der Waals surface area contributed by atoms with E-state index in [9.17, 15) is 0 Å². The number of hydrogen-bond donors (Lipinski definition) is 0. The maximum Gasteiger partial charge on any atom is 0.0593 e. The SMILES string of the molecule is C1CCN(CCOCCSCCN2CCCCC2)CC1. The van der Waals surface area contributed by atoms with E-state index in [-0.39, 0.29) is 0 Å². The third-order valence-corrected chi connectivity index (χ3v) is 5.30. The molecule has 2 rings (SSSR count). The summed E-state index contributed by atoms with van der Waals surface area (Å²) >= 11 is 2.05. The van der Waals surface area contributed by atoms with Gasteiger partial charge in [0.1, 0.15) is 0 Å². The second-order valence-corrected chi connectivity index (χ2v) is 7.25. The summed E-state index contributed by atoms with van der Waals surface area (Å²) in [7, 11) is 0. The summed E-state index contributed by atoms with van der Waals surface area (Å²) in [6.45, 7) is 9.49. The Morgan fingerprint density at radius 2 is 1.25 bits per heavy atom. The summed E-state index contributed by atoms with van der Waals surface area (Å²) in [5.74, 6) is 2.43. The van der Waals surface area contributed by atoms with Gasteiger partial charge in [0.2, 0.25) is 0 Å². The molecular formula is C16H32N2OS. The molecule has 2 saturated heterocycles. The molecule has 0 spiro atoms. The van der Waals surface area contributed by atoms with Crippen LogP contribution in [0.4, 0.5) is 0 Å². The van der Waals surface area contributed by atoms with Crippen molar-refractivity contribution < 1.29 is 4.74 Å². The largest absolute Gasteiger partial charge is 0.379 e. The average Bonchev–Trinajstić information content (AvgIpc) is 2.52. The number of ether oxygens (including phenoxy) is 1. The summed E-state index contributed by atoms with van der Waals surface area (Å²) in [5, 5.41) is 0. The number of piperidine rings is 2. The molecule has 4 heteroatoms. The van der Waals surface area contributed by atoms with Gasteiger partial charge in [-0.15, -0.1) is 0 Å². The normalized spacial score (nSPS) is 22.2. The molecule has 0 saturated carbocycles. The molecule has 0 bridgehead atoms. The quantitative estimate of drug-likeness (QED) is 0.608. The van der Waals surface area contributed by atoms with Crippen LogP contribution in [0.2, 0.25) is 0 Å². The predicted molar refractivity (Wildman–Crippen MR) is 88.7 cm³/mol. The van der Waals surface area contributed by atoms with Crippen molar-refractivity contribution in [2.75, 3.05) is 64.0 Å². The van der Waals surface area contributed by atoms with E-state index in [1.54, 1.807) is 0 Å². The topological polar surface area (TPSA) is 15.7 Å². The lowest BCUT2D eigenvalue weighted by Gasteiger charge is -2.26. The third kappa shape index (κ3) is 7.30. The first kappa shape index (κ1) is 16.6. The smallest absolute Gasteiger partial charge is 0.0593 e. The van der Waals surface area contributed by atoms with Gasteiger partial charge in [0.25, 0.3) is 0 Å². The molecular weight excluding hydrogens is 268 g/mol. The van der Waals surface area contributed by atoms with Gasteiger partial charge in [0, 0.05) is 24.6 Å². The molecule has 0 radical (unpaired) electrons. The van der Waals surface area contributed by atoms with Crippen LogP contribution in [-0.4, -0.2) is 73.8 Å². The van der Waals surface area contributed by atoms with Crippen LogP contribution in [0.3, 0.4) is 0 Å². The van der Waals surface area contributed by atoms with Crippen LogP contribution in [0, 0.1) is 0 Å². The van der Waals surface area contributed by atoms with Crippen molar-refractivity contribution in [1.82, 2.24) is 9.80 Å². The summed E-state index contributed by atoms with van der Waals surface area (Å²) in [6, 6.07) is 0. The highest BCUT2D eigenvalue weighted by Crippen LogP contribution is 2.10. The average molecular weight is 301 g/mol. The zero-order valence-corrected chi connectivity index (χ0v) is 13.8. The number of nitrogens with zero attached hydrogens (tertiary/aromatic N) is 2. The standard InChI is InChI=1S/C16H32N2OS/c1-3-7-17(8-4-1)11-13-19-14-16-20-15-12-18-9-5-2-6-10-18/h1-16H2. The lowest BCUT2D eigenvalue weighted by molar-refractivity contribution is 0.107. The molecule has 0 unspecified atom stereocenters. The van der Waals surface area contributed by atoms with E-state index in [0.29, 0.717) is 0 Å². The fourth-order valence-corrected chi connectivity index (χ4v) is 3.90. The van der Waals surface area contributed by atoms with E-state index in [4.69, 9.17) is 4.74 Å². The summed E-state index contributed by atoms with van der Waals surface area (Å²) in [6.07, 6.45) is 8.44. The van der Waals surface area contributed by atoms with Crippen LogP contribution in [0.15, 0.2) is 0 Å². The van der Waals surface area contributed by atoms with Gasteiger partial charge in [-0.05, 0) is 51.9 Å². The molecule has 20 heavy (non-hydrogen) atoms. The maximum atomic E-state index is 5.75. The molecule has 0 atom stereocenters. The molecule has 0 aromatic heterocycles. The van der Waals surface area contributed by atoms with Gasteiger partial charge in [-0.3, -0.25) is 0 Å². The van der Waals surface area contributed by atoms with Gasteiger partial charge in [-0.25, -0.2) is 0 Å². The number of hydrogen-bond acceptors (Lipinski definition) is 4. The van der Waals surface area contributed by atoms with Crippen molar-refractivity contribution >= 4 is 11.8 Å². The van der Waals surface area contributed by atoms with Crippen LogP contribution < -0.4 is 0 Å². The van der Waals surface area contributed by atoms with E-state index < -0.39 is 0 Å². The van der Waals surface area contributed by atoms with E-state index in [2.05, 4.69) is 21.6 Å². The summed E-state index contributed by atoms with van der Waals surface area (Å²) in [4.78, 5) is 5.17. The maximum absolute atomic E-state index is 5.75. The molecule has 3 nitrogen and oxygen atoms in total. The van der Waals surface area contributed by atoms with Crippen molar-refractivity contribution in [2.45, 2.75) is 38.5 Å². The third-order valence-electron chi connectivity index (χ3n) is 4.37. The van der Waals surface area contributed by atoms with Crippen LogP contribution in [0.5, 0.6) is 0 Å². The zero-order valence-electron chi connectivity index (χ0n) is 13.0. The molecule has 0 N–H and O–H groups in total. The molecule has 2 fully saturated rings. The summed E-state index contributed by atoms with van der Waals surface area (Å²) in [5.41, 5.74) is 0. The van der Waals surface area contributed by atoms with Gasteiger partial charge < -0.3 is 14.5 Å². The first-order valence-corrected chi connectivity index (χ1v) is 9.71. The molecule has 118 valence electrons. The van der Waals surface area contributed by atoms with Crippen molar-refractivity contribution in [3.05, 3.63) is 0 Å². The van der Waals surface area contributed by atoms with Crippen molar-refractivity contribution in [2.24, 2.45) is 0 Å². The van der Waals surface area contributed by atoms with Crippen LogP contribution in [-0.2, 0) is 4.74 Å². The van der Waals surface area contributed by atoms with Gasteiger partial charge >= 0.3 is 0 Å². The Morgan fingerprint density at radius 1 is 0.650 bits per heavy atom. The highest BCUT2D eigenvalue weighted by Gasteiger charge is 2.10. The fraction of sp³-hybridized carbons (Fsp3) is 1.00. The Bertz CT molecular complexity index is 205. The Kier molecular flexibility index (Phi) is 9.03. The Labute approximate surface area is 129 Å². The van der Waals surface area contributed by atoms with Gasteiger partial charge in [0.15, 0.2) is 0 Å². The van der Waals surface area contributed by atoms with E-state index >= 15 is 0 Å². The second kappa shape index (κ2) is 10.9. The lowest BCUT2D eigenvalue weighted by Crippen LogP contribution is -2.32. The highest BCUT2D eigenvalue weighted by atomic mass is 32.2. The Morgan fingerprint density at radius 3 is 1.90 bits per heavy atom. The molecule has 0 aromatic carbocycles. The minimum Gasteiger partial charge on any atom is -0.379 e. The van der Waals surface area contributed by atoms with E-state index in [1.807, 2.05) is 0 Å². The van der Waals surface area contributed by atoms with Crippen molar-refractivity contribution in [1.29, 1.82) is 0 Å².